The Kier molecular flexibility index (Phi) is 6.43. The van der Waals surface area contributed by atoms with Crippen molar-refractivity contribution in [1.29, 1.82) is 0 Å². The van der Waals surface area contributed by atoms with E-state index in [1.54, 1.807) is 0 Å². The van der Waals surface area contributed by atoms with Gasteiger partial charge < -0.3 is 4.90 Å². The number of aryl methyl sites for hydroxylation is 1. The highest BCUT2D eigenvalue weighted by molar-refractivity contribution is 5.97. The molecular formula is C44H35N. The molecule has 0 radical (unpaired) electrons. The number of benzene rings is 7. The third-order valence-corrected chi connectivity index (χ3v) is 9.60. The third kappa shape index (κ3) is 4.55. The maximum Gasteiger partial charge on any atom is 0.0491 e. The Morgan fingerprint density at radius 1 is 0.444 bits per heavy atom. The van der Waals surface area contributed by atoms with E-state index in [2.05, 4.69) is 183 Å². The second-order valence-electron chi connectivity index (χ2n) is 12.7. The van der Waals surface area contributed by atoms with Crippen LogP contribution in [0.2, 0.25) is 0 Å². The molecule has 0 amide bonds. The van der Waals surface area contributed by atoms with E-state index in [9.17, 15) is 0 Å². The zero-order valence-electron chi connectivity index (χ0n) is 26.0. The van der Waals surface area contributed by atoms with E-state index in [0.29, 0.717) is 0 Å². The number of nitrogens with zero attached hydrogens (tertiary/aromatic N) is 1. The molecule has 0 N–H and O–H groups in total. The van der Waals surface area contributed by atoms with Gasteiger partial charge in [-0.2, -0.15) is 0 Å². The number of anilines is 3. The molecule has 0 aromatic heterocycles. The van der Waals surface area contributed by atoms with Gasteiger partial charge in [-0.05, 0) is 104 Å². The van der Waals surface area contributed by atoms with E-state index in [1.165, 1.54) is 72.2 Å². The van der Waals surface area contributed by atoms with Gasteiger partial charge in [0.05, 0.1) is 0 Å². The molecule has 1 aliphatic rings. The van der Waals surface area contributed by atoms with E-state index in [1.807, 2.05) is 0 Å². The lowest BCUT2D eigenvalue weighted by atomic mass is 9.82. The minimum absolute atomic E-state index is 0.0714. The van der Waals surface area contributed by atoms with Gasteiger partial charge in [-0.15, -0.1) is 0 Å². The minimum atomic E-state index is -0.0714. The molecule has 7 aromatic carbocycles. The molecule has 7 aromatic rings. The Hall–Kier alpha value is -5.40. The third-order valence-electron chi connectivity index (χ3n) is 9.60. The Balaban J connectivity index is 1.27. The molecule has 8 rings (SSSR count). The maximum absolute atomic E-state index is 2.43. The first-order chi connectivity index (χ1) is 22.0. The summed E-state index contributed by atoms with van der Waals surface area (Å²) in [5.74, 6) is 0. The van der Waals surface area contributed by atoms with Gasteiger partial charge in [0.2, 0.25) is 0 Å². The van der Waals surface area contributed by atoms with Crippen LogP contribution in [0.25, 0.3) is 44.2 Å². The second kappa shape index (κ2) is 10.6. The van der Waals surface area contributed by atoms with E-state index in [0.717, 1.165) is 5.69 Å². The molecule has 1 heteroatoms. The second-order valence-corrected chi connectivity index (χ2v) is 12.7. The van der Waals surface area contributed by atoms with Crippen LogP contribution in [0.4, 0.5) is 17.1 Å². The molecule has 216 valence electrons. The van der Waals surface area contributed by atoms with Crippen molar-refractivity contribution < 1.29 is 0 Å². The first kappa shape index (κ1) is 27.2. The molecular weight excluding hydrogens is 542 g/mol. The van der Waals surface area contributed by atoms with Crippen LogP contribution in [-0.4, -0.2) is 0 Å². The molecule has 0 atom stereocenters. The lowest BCUT2D eigenvalue weighted by Gasteiger charge is -2.29. The van der Waals surface area contributed by atoms with E-state index >= 15 is 0 Å². The van der Waals surface area contributed by atoms with Gasteiger partial charge in [-0.25, -0.2) is 0 Å². The Bertz CT molecular complexity index is 2180. The largest absolute Gasteiger partial charge is 0.310 e. The molecule has 0 saturated heterocycles. The van der Waals surface area contributed by atoms with Crippen LogP contribution in [0.1, 0.15) is 30.5 Å². The Morgan fingerprint density at radius 2 is 1.07 bits per heavy atom. The highest BCUT2D eigenvalue weighted by Gasteiger charge is 2.35. The van der Waals surface area contributed by atoms with Gasteiger partial charge in [0.1, 0.15) is 0 Å². The fraction of sp³-hybridized carbons (Fsp3) is 0.0909. The summed E-state index contributed by atoms with van der Waals surface area (Å²) in [6, 6.07) is 57.6. The Morgan fingerprint density at radius 3 is 1.89 bits per heavy atom. The van der Waals surface area contributed by atoms with Crippen molar-refractivity contribution >= 4 is 27.8 Å². The molecule has 0 fully saturated rings. The Labute approximate surface area is 266 Å². The molecule has 45 heavy (non-hydrogen) atoms. The van der Waals surface area contributed by atoms with E-state index in [-0.39, 0.29) is 5.41 Å². The summed E-state index contributed by atoms with van der Waals surface area (Å²) in [6.45, 7) is 6.94. The number of rotatable bonds is 5. The fourth-order valence-corrected chi connectivity index (χ4v) is 7.24. The van der Waals surface area contributed by atoms with Gasteiger partial charge in [-0.1, -0.05) is 135 Å². The normalized spacial score (nSPS) is 13.0. The molecule has 0 bridgehead atoms. The van der Waals surface area contributed by atoms with Gasteiger partial charge in [0.15, 0.2) is 0 Å². The monoisotopic (exact) mass is 577 g/mol. The highest BCUT2D eigenvalue weighted by Crippen LogP contribution is 2.51. The van der Waals surface area contributed by atoms with Gasteiger partial charge in [0, 0.05) is 22.5 Å². The molecule has 0 aliphatic heterocycles. The van der Waals surface area contributed by atoms with Crippen molar-refractivity contribution in [3.8, 4) is 33.4 Å². The maximum atomic E-state index is 2.43. The molecule has 0 unspecified atom stereocenters. The standard InChI is InChI=1S/C44H35N/c1-30-28-34(38-18-11-15-33-14-7-8-16-37(33)38)22-27-43(30)45(35-23-20-32(21-24-35)31-12-5-4-6-13-31)36-25-26-40-39-17-9-10-19-41(39)44(2,3)42(40)29-36/h4-29H,1-3H3. The van der Waals surface area contributed by atoms with Crippen LogP contribution < -0.4 is 4.90 Å². The van der Waals surface area contributed by atoms with Crippen molar-refractivity contribution in [3.63, 3.8) is 0 Å². The summed E-state index contributed by atoms with van der Waals surface area (Å²) in [7, 11) is 0. The summed E-state index contributed by atoms with van der Waals surface area (Å²) in [6.07, 6.45) is 0. The fourth-order valence-electron chi connectivity index (χ4n) is 7.24. The van der Waals surface area contributed by atoms with Crippen LogP contribution in [0.3, 0.4) is 0 Å². The summed E-state index contributed by atoms with van der Waals surface area (Å²) in [5.41, 5.74) is 15.0. The summed E-state index contributed by atoms with van der Waals surface area (Å²) < 4.78 is 0. The SMILES string of the molecule is Cc1cc(-c2cccc3ccccc23)ccc1N(c1ccc(-c2ccccc2)cc1)c1ccc2c(c1)C(C)(C)c1ccccc1-2. The first-order valence-corrected chi connectivity index (χ1v) is 15.8. The number of fused-ring (bicyclic) bond motifs is 4. The lowest BCUT2D eigenvalue weighted by Crippen LogP contribution is -2.17. The van der Waals surface area contributed by atoms with Crippen molar-refractivity contribution in [3.05, 3.63) is 174 Å². The summed E-state index contributed by atoms with van der Waals surface area (Å²) in [5, 5.41) is 2.54. The van der Waals surface area contributed by atoms with Crippen LogP contribution in [0.5, 0.6) is 0 Å². The number of hydrogen-bond acceptors (Lipinski definition) is 1. The molecule has 1 nitrogen and oxygen atoms in total. The van der Waals surface area contributed by atoms with Gasteiger partial charge >= 0.3 is 0 Å². The van der Waals surface area contributed by atoms with Crippen LogP contribution in [0.15, 0.2) is 158 Å². The summed E-state index contributed by atoms with van der Waals surface area (Å²) >= 11 is 0. The van der Waals surface area contributed by atoms with Crippen molar-refractivity contribution in [1.82, 2.24) is 0 Å². The zero-order valence-corrected chi connectivity index (χ0v) is 26.0. The zero-order chi connectivity index (χ0) is 30.5. The minimum Gasteiger partial charge on any atom is -0.310 e. The van der Waals surface area contributed by atoms with Crippen molar-refractivity contribution in [2.75, 3.05) is 4.90 Å². The van der Waals surface area contributed by atoms with Gasteiger partial charge in [0.25, 0.3) is 0 Å². The average Bonchev–Trinajstić information content (AvgIpc) is 3.32. The van der Waals surface area contributed by atoms with Crippen LogP contribution in [0, 0.1) is 6.92 Å². The topological polar surface area (TPSA) is 3.24 Å². The molecule has 0 saturated carbocycles. The first-order valence-electron chi connectivity index (χ1n) is 15.8. The van der Waals surface area contributed by atoms with E-state index in [4.69, 9.17) is 0 Å². The molecule has 1 aliphatic carbocycles. The molecule has 0 spiro atoms. The predicted octanol–water partition coefficient (Wildman–Crippen LogP) is 12.3. The smallest absolute Gasteiger partial charge is 0.0491 e. The van der Waals surface area contributed by atoms with Crippen molar-refractivity contribution in [2.45, 2.75) is 26.2 Å². The van der Waals surface area contributed by atoms with E-state index < -0.39 is 0 Å². The van der Waals surface area contributed by atoms with Crippen molar-refractivity contribution in [2.24, 2.45) is 0 Å². The predicted molar refractivity (Wildman–Crippen MR) is 192 cm³/mol. The molecule has 0 heterocycles. The number of hydrogen-bond donors (Lipinski definition) is 0. The van der Waals surface area contributed by atoms with Crippen LogP contribution in [-0.2, 0) is 5.41 Å². The summed E-state index contributed by atoms with van der Waals surface area (Å²) in [4.78, 5) is 2.43. The lowest BCUT2D eigenvalue weighted by molar-refractivity contribution is 0.660. The van der Waals surface area contributed by atoms with Gasteiger partial charge in [-0.3, -0.25) is 0 Å². The average molecular weight is 578 g/mol. The van der Waals surface area contributed by atoms with Crippen LogP contribution >= 0.6 is 0 Å². The quantitative estimate of drug-likeness (QED) is 0.197. The highest BCUT2D eigenvalue weighted by atomic mass is 15.1.